The van der Waals surface area contributed by atoms with Gasteiger partial charge in [-0.05, 0) is 68.7 Å². The van der Waals surface area contributed by atoms with Gasteiger partial charge in [0.1, 0.15) is 36.1 Å². The number of carboxylic acids is 1. The molecule has 2 saturated carbocycles. The van der Waals surface area contributed by atoms with Crippen molar-refractivity contribution in [1.29, 1.82) is 0 Å². The van der Waals surface area contributed by atoms with Crippen LogP contribution in [-0.2, 0) is 47.7 Å². The molecule has 362 valence electrons. The molecule has 4 aliphatic rings. The van der Waals surface area contributed by atoms with Crippen LogP contribution < -0.4 is 5.32 Å². The molecule has 7 rings (SSSR count). The highest BCUT2D eigenvalue weighted by Crippen LogP contribution is 2.64. The lowest BCUT2D eigenvalue weighted by Gasteiger charge is -2.67. The van der Waals surface area contributed by atoms with E-state index in [1.165, 1.54) is 53.7 Å². The minimum Gasteiger partial charge on any atom is -0.481 e. The topological polar surface area (TPSA) is 259 Å². The third-order valence-corrected chi connectivity index (χ3v) is 14.6. The standard InChI is InChI=1S/C51H57NO16/c1-27-32(65-45(60)39(56)37(29-17-11-8-12-18-29)52-43(58)30-19-13-9-14-20-30)24-51(63)42(67-44(59)31-21-15-10-16-22-31)40-49(7,41(57)38(55)36(27)48(51,5)6)33(66-35(54)25-47(3,4)46(61)62)23-34-50(40,26-64-34)68-28(2)53/h8-22,32-34,37-40,42,55-56,63H,23-26H2,1-7H3,(H,52,58)(H,61,62)/t32-,33-,34+,37-,38+,39+,40?,42-,49+,50-,51+/m0/s1. The van der Waals surface area contributed by atoms with Crippen LogP contribution in [-0.4, -0.2) is 116 Å². The van der Waals surface area contributed by atoms with Crippen molar-refractivity contribution in [3.63, 3.8) is 0 Å². The monoisotopic (exact) mass is 939 g/mol. The molecule has 3 fully saturated rings. The largest absolute Gasteiger partial charge is 0.481 e. The van der Waals surface area contributed by atoms with Crippen molar-refractivity contribution in [2.24, 2.45) is 22.2 Å². The molecule has 17 heteroatoms. The Hall–Kier alpha value is -6.27. The smallest absolute Gasteiger partial charge is 0.338 e. The molecule has 68 heavy (non-hydrogen) atoms. The van der Waals surface area contributed by atoms with Crippen LogP contribution in [0.15, 0.2) is 102 Å². The van der Waals surface area contributed by atoms with E-state index in [0.29, 0.717) is 5.56 Å². The lowest BCUT2D eigenvalue weighted by molar-refractivity contribution is -0.346. The molecule has 1 unspecified atom stereocenters. The number of ether oxygens (including phenoxy) is 5. The van der Waals surface area contributed by atoms with Gasteiger partial charge in [0.25, 0.3) is 5.91 Å². The van der Waals surface area contributed by atoms with Crippen molar-refractivity contribution < 1.29 is 77.7 Å². The SMILES string of the molecule is CC(=O)O[C@@]12CO[C@@H]1C[C@H](OC(=O)CC(C)(C)C(=O)O)[C@@]1(C)C(=O)[C@H](O)C3=C(C)[C@@H](OC(=O)[C@H](O)[C@@H](NC(=O)c4ccccc4)c4ccccc4)C[C@@](O)([C@@H](OC(=O)c4ccccc4)C12)C3(C)C. The summed E-state index contributed by atoms with van der Waals surface area (Å²) in [4.78, 5) is 96.9. The first-order valence-corrected chi connectivity index (χ1v) is 22.4. The van der Waals surface area contributed by atoms with Crippen molar-refractivity contribution in [3.8, 4) is 0 Å². The number of esters is 4. The van der Waals surface area contributed by atoms with E-state index in [4.69, 9.17) is 23.7 Å². The molecule has 11 atom stereocenters. The van der Waals surface area contributed by atoms with Gasteiger partial charge in [-0.1, -0.05) is 80.6 Å². The summed E-state index contributed by atoms with van der Waals surface area (Å²) in [6, 6.07) is 22.6. The molecule has 1 heterocycles. The molecular formula is C51H57NO16. The van der Waals surface area contributed by atoms with Crippen LogP contribution in [0.3, 0.4) is 0 Å². The number of carbonyl (C=O) groups is 7. The summed E-state index contributed by atoms with van der Waals surface area (Å²) >= 11 is 0. The Balaban J connectivity index is 1.38. The van der Waals surface area contributed by atoms with E-state index in [1.54, 1.807) is 78.9 Å². The predicted octanol–water partition coefficient (Wildman–Crippen LogP) is 4.22. The van der Waals surface area contributed by atoms with E-state index < -0.39 is 137 Å². The van der Waals surface area contributed by atoms with Crippen molar-refractivity contribution in [3.05, 3.63) is 119 Å². The number of ketones is 1. The number of aliphatic hydroxyl groups excluding tert-OH is 2. The molecule has 1 aliphatic heterocycles. The van der Waals surface area contributed by atoms with Gasteiger partial charge in [0.15, 0.2) is 17.5 Å². The van der Waals surface area contributed by atoms with Crippen molar-refractivity contribution in [2.45, 2.75) is 122 Å². The van der Waals surface area contributed by atoms with Gasteiger partial charge < -0.3 is 49.4 Å². The highest BCUT2D eigenvalue weighted by Gasteiger charge is 2.78. The van der Waals surface area contributed by atoms with Crippen molar-refractivity contribution >= 4 is 41.5 Å². The number of aliphatic hydroxyl groups is 3. The van der Waals surface area contributed by atoms with Crippen molar-refractivity contribution in [1.82, 2.24) is 5.32 Å². The van der Waals surface area contributed by atoms with Gasteiger partial charge in [0.05, 0.1) is 41.4 Å². The number of carboxylic acid groups (broad SMARTS) is 1. The maximum absolute atomic E-state index is 15.6. The van der Waals surface area contributed by atoms with Gasteiger partial charge in [0, 0.05) is 30.7 Å². The van der Waals surface area contributed by atoms with Crippen LogP contribution in [0.4, 0.5) is 0 Å². The van der Waals surface area contributed by atoms with E-state index in [-0.39, 0.29) is 28.7 Å². The summed E-state index contributed by atoms with van der Waals surface area (Å²) in [5.41, 5.74) is -9.41. The number of Topliss-reactive ketones (excluding diaryl/α,β-unsaturated/α-hetero) is 1. The highest BCUT2D eigenvalue weighted by molar-refractivity contribution is 5.96. The first kappa shape index (κ1) is 49.6. The number of benzene rings is 3. The van der Waals surface area contributed by atoms with Crippen molar-refractivity contribution in [2.75, 3.05) is 6.61 Å². The van der Waals surface area contributed by atoms with Crippen LogP contribution in [0.5, 0.6) is 0 Å². The second kappa shape index (κ2) is 18.3. The normalized spacial score (nSPS) is 30.3. The Kier molecular flexibility index (Phi) is 13.4. The first-order chi connectivity index (χ1) is 31.9. The van der Waals surface area contributed by atoms with E-state index in [0.717, 1.165) is 6.92 Å². The molecule has 0 radical (unpaired) electrons. The van der Waals surface area contributed by atoms with Crippen LogP contribution in [0, 0.1) is 22.2 Å². The molecule has 3 aromatic rings. The maximum atomic E-state index is 15.6. The zero-order valence-corrected chi connectivity index (χ0v) is 38.8. The zero-order valence-electron chi connectivity index (χ0n) is 38.8. The molecule has 3 aliphatic carbocycles. The Bertz CT molecular complexity index is 2510. The van der Waals surface area contributed by atoms with E-state index in [9.17, 15) is 49.2 Å². The number of fused-ring (bicyclic) bond motifs is 5. The average Bonchev–Trinajstić information content (AvgIpc) is 3.29. The number of hydrogen-bond donors (Lipinski definition) is 5. The van der Waals surface area contributed by atoms with Gasteiger partial charge in [-0.3, -0.25) is 24.0 Å². The molecular weight excluding hydrogens is 883 g/mol. The molecule has 0 aromatic heterocycles. The summed E-state index contributed by atoms with van der Waals surface area (Å²) in [6.07, 6.45) is -12.0. The number of rotatable bonds is 13. The van der Waals surface area contributed by atoms with Gasteiger partial charge in [-0.15, -0.1) is 0 Å². The van der Waals surface area contributed by atoms with Gasteiger partial charge >= 0.3 is 29.8 Å². The number of aliphatic carboxylic acids is 1. The van der Waals surface area contributed by atoms with Crippen LogP contribution in [0.2, 0.25) is 0 Å². The van der Waals surface area contributed by atoms with Gasteiger partial charge in [-0.25, -0.2) is 9.59 Å². The summed E-state index contributed by atoms with van der Waals surface area (Å²) in [6.45, 7) is 9.17. The lowest BCUT2D eigenvalue weighted by atomic mass is 9.44. The van der Waals surface area contributed by atoms with Crippen LogP contribution in [0.25, 0.3) is 0 Å². The van der Waals surface area contributed by atoms with Gasteiger partial charge in [-0.2, -0.15) is 0 Å². The minimum absolute atomic E-state index is 0.0139. The second-order valence-corrected chi connectivity index (χ2v) is 19.6. The Morgan fingerprint density at radius 2 is 1.44 bits per heavy atom. The summed E-state index contributed by atoms with van der Waals surface area (Å²) < 4.78 is 30.7. The Morgan fingerprint density at radius 1 is 0.868 bits per heavy atom. The first-order valence-electron chi connectivity index (χ1n) is 22.4. The second-order valence-electron chi connectivity index (χ2n) is 19.6. The summed E-state index contributed by atoms with van der Waals surface area (Å²) in [7, 11) is 0. The highest BCUT2D eigenvalue weighted by atomic mass is 16.6. The Labute approximate surface area is 392 Å². The predicted molar refractivity (Wildman–Crippen MR) is 238 cm³/mol. The number of amides is 1. The third-order valence-electron chi connectivity index (χ3n) is 14.6. The average molecular weight is 940 g/mol. The number of nitrogens with one attached hydrogen (secondary N) is 1. The van der Waals surface area contributed by atoms with E-state index in [1.807, 2.05) is 0 Å². The fourth-order valence-electron chi connectivity index (χ4n) is 10.7. The number of carbonyl (C=O) groups excluding carboxylic acids is 6. The lowest BCUT2D eigenvalue weighted by Crippen LogP contribution is -2.82. The number of hydrogen-bond acceptors (Lipinski definition) is 15. The molecule has 3 aromatic carbocycles. The third kappa shape index (κ3) is 8.50. The zero-order chi connectivity index (χ0) is 49.7. The minimum atomic E-state index is -2.49. The molecule has 0 spiro atoms. The fraction of sp³-hybridized carbons (Fsp3) is 0.471. The fourth-order valence-corrected chi connectivity index (χ4v) is 10.7. The van der Waals surface area contributed by atoms with Gasteiger partial charge in [0.2, 0.25) is 0 Å². The van der Waals surface area contributed by atoms with E-state index >= 15 is 4.79 Å². The molecule has 17 nitrogen and oxygen atoms in total. The quantitative estimate of drug-likeness (QED) is 0.0913. The molecule has 1 amide bonds. The molecule has 2 bridgehead atoms. The summed E-state index contributed by atoms with van der Waals surface area (Å²) in [5, 5.41) is 50.7. The van der Waals surface area contributed by atoms with Crippen LogP contribution >= 0.6 is 0 Å². The summed E-state index contributed by atoms with van der Waals surface area (Å²) in [5.74, 6) is -8.76. The maximum Gasteiger partial charge on any atom is 0.338 e. The van der Waals surface area contributed by atoms with E-state index in [2.05, 4.69) is 5.32 Å². The molecule has 1 saturated heterocycles. The Morgan fingerprint density at radius 3 is 1.99 bits per heavy atom. The van der Waals surface area contributed by atoms with Crippen LogP contribution in [0.1, 0.15) is 100 Å². The molecule has 5 N–H and O–H groups in total.